The largest absolute Gasteiger partial charge is 0.379 e. The van der Waals surface area contributed by atoms with E-state index in [0.29, 0.717) is 77.9 Å². The third kappa shape index (κ3) is 11.3. The Morgan fingerprint density at radius 1 is 0.409 bits per heavy atom. The number of rotatable bonds is 0. The van der Waals surface area contributed by atoms with Gasteiger partial charge in [-0.3, -0.25) is 0 Å². The van der Waals surface area contributed by atoms with E-state index in [0.717, 1.165) is 13.2 Å². The molecule has 1 saturated heterocycles. The Morgan fingerprint density at radius 2 is 0.636 bits per heavy atom. The predicted molar refractivity (Wildman–Crippen MR) is 83.2 cm³/mol. The normalized spacial score (nSPS) is 29.7. The molecule has 1 aliphatic heterocycles. The molecular weight excluding hydrogens is 288 g/mol. The molecule has 6 nitrogen and oxygen atoms in total. The first kappa shape index (κ1) is 19.8. The average Bonchev–Trinajstić information content (AvgIpc) is 2.52. The van der Waals surface area contributed by atoms with E-state index in [1.165, 1.54) is 0 Å². The molecule has 2 atom stereocenters. The van der Waals surface area contributed by atoms with Crippen LogP contribution in [0.1, 0.15) is 13.8 Å². The molecule has 0 aliphatic carbocycles. The summed E-state index contributed by atoms with van der Waals surface area (Å²) >= 11 is 0. The molecule has 2 unspecified atom stereocenters. The molecule has 0 spiro atoms. The Morgan fingerprint density at radius 3 is 0.909 bits per heavy atom. The standard InChI is InChI=1S/C16H32O6/c1-15-13-21-11-9-19-7-5-17-3-4-18-6-8-20-10-12-22-14-16(15)2/h15-16H,3-14H2,1-2H3. The smallest absolute Gasteiger partial charge is 0.0701 e. The van der Waals surface area contributed by atoms with Crippen LogP contribution in [0.25, 0.3) is 0 Å². The van der Waals surface area contributed by atoms with Crippen molar-refractivity contribution in [3.05, 3.63) is 0 Å². The Kier molecular flexibility index (Phi) is 12.9. The minimum absolute atomic E-state index is 0.461. The highest BCUT2D eigenvalue weighted by Crippen LogP contribution is 2.11. The van der Waals surface area contributed by atoms with Gasteiger partial charge in [-0.05, 0) is 11.8 Å². The molecule has 0 radical (unpaired) electrons. The molecule has 1 fully saturated rings. The molecule has 0 aromatic carbocycles. The van der Waals surface area contributed by atoms with Crippen LogP contribution in [0.4, 0.5) is 0 Å². The maximum Gasteiger partial charge on any atom is 0.0701 e. The molecule has 1 heterocycles. The number of hydrogen-bond donors (Lipinski definition) is 0. The van der Waals surface area contributed by atoms with Gasteiger partial charge in [0.05, 0.1) is 66.1 Å². The van der Waals surface area contributed by atoms with Crippen molar-refractivity contribution in [1.29, 1.82) is 0 Å². The summed E-state index contributed by atoms with van der Waals surface area (Å²) in [7, 11) is 0. The lowest BCUT2D eigenvalue weighted by Gasteiger charge is -2.20. The van der Waals surface area contributed by atoms with Crippen LogP contribution >= 0.6 is 0 Å². The summed E-state index contributed by atoms with van der Waals surface area (Å²) in [6, 6.07) is 0. The molecule has 0 saturated carbocycles. The summed E-state index contributed by atoms with van der Waals surface area (Å²) in [5.74, 6) is 0.923. The van der Waals surface area contributed by atoms with Crippen molar-refractivity contribution in [3.8, 4) is 0 Å². The van der Waals surface area contributed by atoms with E-state index in [1.807, 2.05) is 0 Å². The van der Waals surface area contributed by atoms with Gasteiger partial charge < -0.3 is 28.4 Å². The van der Waals surface area contributed by atoms with Gasteiger partial charge in [-0.15, -0.1) is 0 Å². The van der Waals surface area contributed by atoms with Gasteiger partial charge in [0, 0.05) is 13.2 Å². The van der Waals surface area contributed by atoms with Crippen LogP contribution in [0.15, 0.2) is 0 Å². The molecule has 0 bridgehead atoms. The molecular formula is C16H32O6. The highest BCUT2D eigenvalue weighted by molar-refractivity contribution is 4.60. The minimum atomic E-state index is 0.461. The zero-order valence-corrected chi connectivity index (χ0v) is 14.1. The fourth-order valence-corrected chi connectivity index (χ4v) is 1.86. The number of hydrogen-bond acceptors (Lipinski definition) is 6. The van der Waals surface area contributed by atoms with E-state index in [9.17, 15) is 0 Å². The molecule has 22 heavy (non-hydrogen) atoms. The third-order valence-corrected chi connectivity index (χ3v) is 3.59. The first-order valence-electron chi connectivity index (χ1n) is 8.27. The first-order valence-corrected chi connectivity index (χ1v) is 8.27. The van der Waals surface area contributed by atoms with E-state index in [2.05, 4.69) is 13.8 Å². The van der Waals surface area contributed by atoms with Gasteiger partial charge in [-0.25, -0.2) is 0 Å². The van der Waals surface area contributed by atoms with Gasteiger partial charge in [0.1, 0.15) is 0 Å². The molecule has 6 heteroatoms. The van der Waals surface area contributed by atoms with Crippen molar-refractivity contribution < 1.29 is 28.4 Å². The topological polar surface area (TPSA) is 55.4 Å². The van der Waals surface area contributed by atoms with Crippen LogP contribution in [-0.4, -0.2) is 79.3 Å². The Balaban J connectivity index is 2.16. The molecule has 1 aliphatic rings. The molecule has 0 aromatic rings. The summed E-state index contributed by atoms with van der Waals surface area (Å²) in [6.07, 6.45) is 0. The maximum absolute atomic E-state index is 5.63. The fraction of sp³-hybridized carbons (Fsp3) is 1.00. The second kappa shape index (κ2) is 14.4. The van der Waals surface area contributed by atoms with Crippen LogP contribution in [0.3, 0.4) is 0 Å². The van der Waals surface area contributed by atoms with E-state index >= 15 is 0 Å². The van der Waals surface area contributed by atoms with Crippen LogP contribution in [0.5, 0.6) is 0 Å². The SMILES string of the molecule is CC1COCCOCCOCCOCCOCCOCC1C. The highest BCUT2D eigenvalue weighted by atomic mass is 16.6. The highest BCUT2D eigenvalue weighted by Gasteiger charge is 2.12. The number of ether oxygens (including phenoxy) is 6. The van der Waals surface area contributed by atoms with Crippen LogP contribution in [-0.2, 0) is 28.4 Å². The van der Waals surface area contributed by atoms with Crippen molar-refractivity contribution in [2.75, 3.05) is 79.3 Å². The van der Waals surface area contributed by atoms with E-state index in [1.54, 1.807) is 0 Å². The van der Waals surface area contributed by atoms with Crippen molar-refractivity contribution in [1.82, 2.24) is 0 Å². The summed E-state index contributed by atoms with van der Waals surface area (Å²) < 4.78 is 32.9. The maximum atomic E-state index is 5.63. The summed E-state index contributed by atoms with van der Waals surface area (Å²) in [6.45, 7) is 11.8. The van der Waals surface area contributed by atoms with E-state index < -0.39 is 0 Å². The monoisotopic (exact) mass is 320 g/mol. The van der Waals surface area contributed by atoms with Crippen LogP contribution < -0.4 is 0 Å². The zero-order valence-electron chi connectivity index (χ0n) is 14.1. The van der Waals surface area contributed by atoms with Crippen molar-refractivity contribution in [3.63, 3.8) is 0 Å². The zero-order chi connectivity index (χ0) is 15.9. The Bertz CT molecular complexity index is 215. The van der Waals surface area contributed by atoms with Gasteiger partial charge in [0.25, 0.3) is 0 Å². The van der Waals surface area contributed by atoms with Gasteiger partial charge in [0.15, 0.2) is 0 Å². The molecule has 1 rings (SSSR count). The summed E-state index contributed by atoms with van der Waals surface area (Å²) in [5.41, 5.74) is 0. The lowest BCUT2D eigenvalue weighted by Crippen LogP contribution is -2.22. The van der Waals surface area contributed by atoms with E-state index in [-0.39, 0.29) is 0 Å². The predicted octanol–water partition coefficient (Wildman–Crippen LogP) is 1.37. The van der Waals surface area contributed by atoms with E-state index in [4.69, 9.17) is 28.4 Å². The van der Waals surface area contributed by atoms with Gasteiger partial charge in [0.2, 0.25) is 0 Å². The lowest BCUT2D eigenvalue weighted by atomic mass is 9.98. The minimum Gasteiger partial charge on any atom is -0.379 e. The average molecular weight is 320 g/mol. The second-order valence-electron chi connectivity index (χ2n) is 5.55. The quantitative estimate of drug-likeness (QED) is 0.672. The molecule has 0 amide bonds. The molecule has 0 N–H and O–H groups in total. The summed E-state index contributed by atoms with van der Waals surface area (Å²) in [5, 5.41) is 0. The van der Waals surface area contributed by atoms with Crippen molar-refractivity contribution in [2.24, 2.45) is 11.8 Å². The first-order chi connectivity index (χ1) is 10.8. The van der Waals surface area contributed by atoms with Crippen molar-refractivity contribution >= 4 is 0 Å². The molecule has 132 valence electrons. The Hall–Kier alpha value is -0.240. The van der Waals surface area contributed by atoms with Gasteiger partial charge in [-0.1, -0.05) is 13.8 Å². The van der Waals surface area contributed by atoms with Crippen LogP contribution in [0, 0.1) is 11.8 Å². The lowest BCUT2D eigenvalue weighted by molar-refractivity contribution is -0.0296. The molecule has 0 aromatic heterocycles. The van der Waals surface area contributed by atoms with Gasteiger partial charge >= 0.3 is 0 Å². The summed E-state index contributed by atoms with van der Waals surface area (Å²) in [4.78, 5) is 0. The van der Waals surface area contributed by atoms with Crippen molar-refractivity contribution in [2.45, 2.75) is 13.8 Å². The van der Waals surface area contributed by atoms with Crippen LogP contribution in [0.2, 0.25) is 0 Å². The fourth-order valence-electron chi connectivity index (χ4n) is 1.86. The Labute approximate surface area is 134 Å². The third-order valence-electron chi connectivity index (χ3n) is 3.59. The van der Waals surface area contributed by atoms with Gasteiger partial charge in [-0.2, -0.15) is 0 Å². The second-order valence-corrected chi connectivity index (χ2v) is 5.55.